The largest absolute Gasteiger partial charge is 0.306 e. The summed E-state index contributed by atoms with van der Waals surface area (Å²) in [4.78, 5) is 17.5. The molecule has 2 aromatic heterocycles. The Morgan fingerprint density at radius 3 is 2.67 bits per heavy atom. The molecule has 0 aliphatic rings. The minimum Gasteiger partial charge on any atom is -0.306 e. The van der Waals surface area contributed by atoms with Crippen LogP contribution in [-0.4, -0.2) is 15.3 Å². The molecule has 0 atom stereocenters. The molecule has 0 saturated carbocycles. The highest BCUT2D eigenvalue weighted by atomic mass is 35.5. The van der Waals surface area contributed by atoms with Crippen molar-refractivity contribution >= 4 is 29.0 Å². The number of aryl methyl sites for hydroxylation is 1. The number of halogens is 1. The molecule has 0 fully saturated rings. The molecule has 2 aromatic carbocycles. The smallest absolute Gasteiger partial charge is 0.256 e. The normalized spacial score (nSPS) is 10.9. The van der Waals surface area contributed by atoms with Crippen molar-refractivity contribution in [2.45, 2.75) is 13.3 Å². The monoisotopic (exact) mass is 375 g/mol. The lowest BCUT2D eigenvalue weighted by molar-refractivity contribution is 0.102. The van der Waals surface area contributed by atoms with E-state index in [1.165, 1.54) is 0 Å². The third kappa shape index (κ3) is 3.71. The lowest BCUT2D eigenvalue weighted by Gasteiger charge is -2.09. The summed E-state index contributed by atoms with van der Waals surface area (Å²) >= 11 is 6.03. The second kappa shape index (κ2) is 7.25. The van der Waals surface area contributed by atoms with Gasteiger partial charge >= 0.3 is 0 Å². The summed E-state index contributed by atoms with van der Waals surface area (Å²) in [7, 11) is 0. The number of anilines is 1. The third-order valence-electron chi connectivity index (χ3n) is 4.37. The first-order valence-electron chi connectivity index (χ1n) is 8.68. The molecule has 2 heterocycles. The molecule has 1 amide bonds. The third-order valence-corrected chi connectivity index (χ3v) is 4.61. The Labute approximate surface area is 162 Å². The van der Waals surface area contributed by atoms with Crippen LogP contribution in [0.25, 0.3) is 5.65 Å². The van der Waals surface area contributed by atoms with E-state index in [2.05, 4.69) is 17.4 Å². The number of aromatic nitrogens is 2. The number of imidazole rings is 1. The molecule has 0 unspecified atom stereocenters. The topological polar surface area (TPSA) is 46.4 Å². The highest BCUT2D eigenvalue weighted by Gasteiger charge is 2.16. The summed E-state index contributed by atoms with van der Waals surface area (Å²) in [6.45, 7) is 2.01. The summed E-state index contributed by atoms with van der Waals surface area (Å²) in [5.41, 5.74) is 4.35. The van der Waals surface area contributed by atoms with Gasteiger partial charge in [0.05, 0.1) is 5.69 Å². The van der Waals surface area contributed by atoms with Crippen LogP contribution in [0.2, 0.25) is 5.02 Å². The minimum atomic E-state index is -0.213. The van der Waals surface area contributed by atoms with E-state index in [1.807, 2.05) is 47.9 Å². The molecule has 4 rings (SSSR count). The molecule has 0 aliphatic carbocycles. The molecule has 5 heteroatoms. The van der Waals surface area contributed by atoms with Gasteiger partial charge in [0.2, 0.25) is 0 Å². The van der Waals surface area contributed by atoms with Gasteiger partial charge in [0.25, 0.3) is 5.91 Å². The highest BCUT2D eigenvalue weighted by molar-refractivity contribution is 6.31. The molecule has 4 nitrogen and oxygen atoms in total. The second-order valence-corrected chi connectivity index (χ2v) is 6.91. The standard InChI is InChI=1S/C22H18ClN3O/c1-15-10-11-20-24-19(12-16-6-3-2-4-7-16)21(26(20)14-15)25-22(27)17-8-5-9-18(23)13-17/h2-11,13-14H,12H2,1H3,(H,25,27). The molecule has 0 radical (unpaired) electrons. The van der Waals surface area contributed by atoms with Gasteiger partial charge in [0, 0.05) is 23.2 Å². The SMILES string of the molecule is Cc1ccc2nc(Cc3ccccc3)c(NC(=O)c3cccc(Cl)c3)n2c1. The zero-order valence-corrected chi connectivity index (χ0v) is 15.6. The number of fused-ring (bicyclic) bond motifs is 1. The summed E-state index contributed by atoms with van der Waals surface area (Å²) in [5.74, 6) is 0.470. The molecule has 27 heavy (non-hydrogen) atoms. The van der Waals surface area contributed by atoms with Gasteiger partial charge in [0.15, 0.2) is 0 Å². The zero-order valence-electron chi connectivity index (χ0n) is 14.8. The first kappa shape index (κ1) is 17.3. The minimum absolute atomic E-state index is 0.213. The maximum Gasteiger partial charge on any atom is 0.256 e. The van der Waals surface area contributed by atoms with Gasteiger partial charge in [0.1, 0.15) is 11.5 Å². The van der Waals surface area contributed by atoms with Crippen LogP contribution in [0.5, 0.6) is 0 Å². The van der Waals surface area contributed by atoms with E-state index in [4.69, 9.17) is 16.6 Å². The zero-order chi connectivity index (χ0) is 18.8. The maximum absolute atomic E-state index is 12.8. The van der Waals surface area contributed by atoms with Crippen LogP contribution in [-0.2, 0) is 6.42 Å². The van der Waals surface area contributed by atoms with Crippen LogP contribution < -0.4 is 5.32 Å². The van der Waals surface area contributed by atoms with E-state index >= 15 is 0 Å². The predicted molar refractivity (Wildman–Crippen MR) is 109 cm³/mol. The van der Waals surface area contributed by atoms with E-state index in [0.717, 1.165) is 22.5 Å². The average Bonchev–Trinajstić information content (AvgIpc) is 2.99. The van der Waals surface area contributed by atoms with Crippen LogP contribution in [0.4, 0.5) is 5.82 Å². The van der Waals surface area contributed by atoms with Crippen molar-refractivity contribution in [3.8, 4) is 0 Å². The predicted octanol–water partition coefficient (Wildman–Crippen LogP) is 5.14. The number of hydrogen-bond acceptors (Lipinski definition) is 2. The number of rotatable bonds is 4. The van der Waals surface area contributed by atoms with E-state index in [-0.39, 0.29) is 5.91 Å². The number of amides is 1. The van der Waals surface area contributed by atoms with Crippen molar-refractivity contribution < 1.29 is 4.79 Å². The molecule has 1 N–H and O–H groups in total. The van der Waals surface area contributed by atoms with Gasteiger partial charge in [-0.15, -0.1) is 0 Å². The number of benzene rings is 2. The van der Waals surface area contributed by atoms with Crippen molar-refractivity contribution in [2.24, 2.45) is 0 Å². The Balaban J connectivity index is 1.76. The number of hydrogen-bond donors (Lipinski definition) is 1. The van der Waals surface area contributed by atoms with Crippen LogP contribution in [0.15, 0.2) is 72.9 Å². The molecule has 0 aliphatic heterocycles. The van der Waals surface area contributed by atoms with E-state index in [9.17, 15) is 4.79 Å². The molecule has 4 aromatic rings. The number of nitrogens with zero attached hydrogens (tertiary/aromatic N) is 2. The van der Waals surface area contributed by atoms with Crippen molar-refractivity contribution in [1.29, 1.82) is 0 Å². The molecule has 134 valence electrons. The van der Waals surface area contributed by atoms with E-state index < -0.39 is 0 Å². The number of nitrogens with one attached hydrogen (secondary N) is 1. The average molecular weight is 376 g/mol. The molecule has 0 saturated heterocycles. The van der Waals surface area contributed by atoms with Gasteiger partial charge in [-0.1, -0.05) is 54.1 Å². The van der Waals surface area contributed by atoms with Crippen molar-refractivity contribution in [3.05, 3.63) is 100 Å². The highest BCUT2D eigenvalue weighted by Crippen LogP contribution is 2.23. The fraction of sp³-hybridized carbons (Fsp3) is 0.0909. The van der Waals surface area contributed by atoms with E-state index in [0.29, 0.717) is 22.8 Å². The lowest BCUT2D eigenvalue weighted by Crippen LogP contribution is -2.14. The van der Waals surface area contributed by atoms with Crippen LogP contribution in [0.1, 0.15) is 27.2 Å². The second-order valence-electron chi connectivity index (χ2n) is 6.47. The van der Waals surface area contributed by atoms with Crippen LogP contribution in [0.3, 0.4) is 0 Å². The maximum atomic E-state index is 12.8. The van der Waals surface area contributed by atoms with E-state index in [1.54, 1.807) is 24.3 Å². The number of pyridine rings is 1. The van der Waals surface area contributed by atoms with Crippen LogP contribution in [0, 0.1) is 6.92 Å². The van der Waals surface area contributed by atoms with Gasteiger partial charge in [-0.05, 0) is 42.3 Å². The fourth-order valence-corrected chi connectivity index (χ4v) is 3.24. The Bertz CT molecular complexity index is 1120. The van der Waals surface area contributed by atoms with Gasteiger partial charge in [-0.3, -0.25) is 9.20 Å². The van der Waals surface area contributed by atoms with Crippen LogP contribution >= 0.6 is 11.6 Å². The van der Waals surface area contributed by atoms with Gasteiger partial charge < -0.3 is 5.32 Å². The Kier molecular flexibility index (Phi) is 4.65. The first-order chi connectivity index (χ1) is 13.1. The lowest BCUT2D eigenvalue weighted by atomic mass is 10.1. The molecular weight excluding hydrogens is 358 g/mol. The Hall–Kier alpha value is -3.11. The fourth-order valence-electron chi connectivity index (χ4n) is 3.05. The molecule has 0 spiro atoms. The summed E-state index contributed by atoms with van der Waals surface area (Å²) in [5, 5.41) is 3.56. The molecular formula is C22H18ClN3O. The van der Waals surface area contributed by atoms with Gasteiger partial charge in [-0.2, -0.15) is 0 Å². The van der Waals surface area contributed by atoms with Crippen molar-refractivity contribution in [2.75, 3.05) is 5.32 Å². The summed E-state index contributed by atoms with van der Waals surface area (Å²) in [6, 6.07) is 21.0. The Morgan fingerprint density at radius 2 is 1.89 bits per heavy atom. The quantitative estimate of drug-likeness (QED) is 0.537. The first-order valence-corrected chi connectivity index (χ1v) is 9.06. The van der Waals surface area contributed by atoms with Crippen molar-refractivity contribution in [3.63, 3.8) is 0 Å². The molecule has 0 bridgehead atoms. The summed E-state index contributed by atoms with van der Waals surface area (Å²) in [6.07, 6.45) is 2.61. The Morgan fingerprint density at radius 1 is 1.07 bits per heavy atom. The van der Waals surface area contributed by atoms with Gasteiger partial charge in [-0.25, -0.2) is 4.98 Å². The number of carbonyl (C=O) groups is 1. The van der Waals surface area contributed by atoms with Crippen molar-refractivity contribution in [1.82, 2.24) is 9.38 Å². The number of carbonyl (C=O) groups excluding carboxylic acids is 1. The summed E-state index contributed by atoms with van der Waals surface area (Å²) < 4.78 is 1.93.